The van der Waals surface area contributed by atoms with Crippen LogP contribution in [0.25, 0.3) is 0 Å². The average Bonchev–Trinajstić information content (AvgIpc) is 3.09. The molecule has 2 aromatic rings. The maximum Gasteiger partial charge on any atom is 0.258 e. The van der Waals surface area contributed by atoms with Gasteiger partial charge in [-0.1, -0.05) is 18.2 Å². The summed E-state index contributed by atoms with van der Waals surface area (Å²) in [6, 6.07) is 17.6. The first-order valence-corrected chi connectivity index (χ1v) is 7.44. The first-order chi connectivity index (χ1) is 10.3. The van der Waals surface area contributed by atoms with E-state index in [4.69, 9.17) is 0 Å². The maximum atomic E-state index is 12.4. The van der Waals surface area contributed by atoms with E-state index in [0.717, 1.165) is 18.8 Å². The molecule has 1 fully saturated rings. The largest absolute Gasteiger partial charge is 0.372 e. The Labute approximate surface area is 125 Å². The number of anilines is 2. The predicted octanol–water partition coefficient (Wildman–Crippen LogP) is 3.56. The summed E-state index contributed by atoms with van der Waals surface area (Å²) in [5.74, 6) is 0.0181. The number of hydrogen-bond donors (Lipinski definition) is 0. The molecule has 1 aliphatic rings. The van der Waals surface area contributed by atoms with Crippen LogP contribution in [0.4, 0.5) is 11.4 Å². The molecule has 3 heteroatoms. The van der Waals surface area contributed by atoms with Crippen LogP contribution >= 0.6 is 0 Å². The number of benzene rings is 2. The Morgan fingerprint density at radius 2 is 1.57 bits per heavy atom. The molecule has 1 saturated heterocycles. The molecule has 3 rings (SSSR count). The second kappa shape index (κ2) is 6.00. The molecule has 1 amide bonds. The van der Waals surface area contributed by atoms with Crippen LogP contribution in [-0.2, 0) is 0 Å². The number of rotatable bonds is 3. The highest BCUT2D eigenvalue weighted by atomic mass is 16.2. The lowest BCUT2D eigenvalue weighted by molar-refractivity contribution is 0.0993. The third kappa shape index (κ3) is 2.92. The van der Waals surface area contributed by atoms with Crippen LogP contribution in [0.3, 0.4) is 0 Å². The van der Waals surface area contributed by atoms with Gasteiger partial charge in [-0.25, -0.2) is 0 Å². The summed E-state index contributed by atoms with van der Waals surface area (Å²) in [5.41, 5.74) is 2.88. The number of carbonyl (C=O) groups excluding carboxylic acids is 1. The van der Waals surface area contributed by atoms with Crippen LogP contribution in [0.5, 0.6) is 0 Å². The van der Waals surface area contributed by atoms with Gasteiger partial charge in [-0.05, 0) is 49.2 Å². The number of amides is 1. The molecule has 21 heavy (non-hydrogen) atoms. The number of hydrogen-bond acceptors (Lipinski definition) is 2. The lowest BCUT2D eigenvalue weighted by atomic mass is 10.2. The lowest BCUT2D eigenvalue weighted by Crippen LogP contribution is -2.26. The molecule has 1 heterocycles. The fourth-order valence-corrected chi connectivity index (χ4v) is 2.75. The molecule has 3 nitrogen and oxygen atoms in total. The van der Waals surface area contributed by atoms with Crippen LogP contribution in [0.1, 0.15) is 23.2 Å². The first-order valence-electron chi connectivity index (χ1n) is 7.44. The van der Waals surface area contributed by atoms with Crippen molar-refractivity contribution in [3.05, 3.63) is 60.2 Å². The van der Waals surface area contributed by atoms with Gasteiger partial charge in [0.2, 0.25) is 0 Å². The Hall–Kier alpha value is -2.29. The molecule has 0 unspecified atom stereocenters. The summed E-state index contributed by atoms with van der Waals surface area (Å²) >= 11 is 0. The third-order valence-corrected chi connectivity index (χ3v) is 4.03. The normalized spacial score (nSPS) is 14.2. The predicted molar refractivity (Wildman–Crippen MR) is 87.1 cm³/mol. The zero-order valence-corrected chi connectivity index (χ0v) is 12.3. The molecule has 108 valence electrons. The van der Waals surface area contributed by atoms with E-state index >= 15 is 0 Å². The van der Waals surface area contributed by atoms with Crippen molar-refractivity contribution in [2.24, 2.45) is 0 Å². The van der Waals surface area contributed by atoms with Crippen LogP contribution in [0, 0.1) is 0 Å². The van der Waals surface area contributed by atoms with E-state index in [1.54, 1.807) is 4.90 Å². The molecule has 1 aliphatic heterocycles. The smallest absolute Gasteiger partial charge is 0.258 e. The van der Waals surface area contributed by atoms with Gasteiger partial charge in [0.15, 0.2) is 0 Å². The van der Waals surface area contributed by atoms with E-state index in [-0.39, 0.29) is 5.91 Å². The van der Waals surface area contributed by atoms with Crippen LogP contribution in [0.15, 0.2) is 54.6 Å². The van der Waals surface area contributed by atoms with Gasteiger partial charge in [0, 0.05) is 37.1 Å². The van der Waals surface area contributed by atoms with Crippen molar-refractivity contribution in [3.63, 3.8) is 0 Å². The molecular formula is C18H20N2O. The van der Waals surface area contributed by atoms with Crippen LogP contribution in [0.2, 0.25) is 0 Å². The Morgan fingerprint density at radius 3 is 2.19 bits per heavy atom. The van der Waals surface area contributed by atoms with Gasteiger partial charge in [-0.2, -0.15) is 0 Å². The fraction of sp³-hybridized carbons (Fsp3) is 0.278. The Morgan fingerprint density at radius 1 is 0.952 bits per heavy atom. The molecule has 0 spiro atoms. The maximum absolute atomic E-state index is 12.4. The Kier molecular flexibility index (Phi) is 3.91. The van der Waals surface area contributed by atoms with Crippen molar-refractivity contribution in [3.8, 4) is 0 Å². The summed E-state index contributed by atoms with van der Waals surface area (Å²) in [6.45, 7) is 2.27. The minimum atomic E-state index is 0.0181. The Balaban J connectivity index is 1.75. The van der Waals surface area contributed by atoms with Gasteiger partial charge in [0.25, 0.3) is 5.91 Å². The van der Waals surface area contributed by atoms with Crippen molar-refractivity contribution < 1.29 is 4.79 Å². The van der Waals surface area contributed by atoms with Gasteiger partial charge in [-0.3, -0.25) is 4.79 Å². The monoisotopic (exact) mass is 280 g/mol. The second-order valence-corrected chi connectivity index (χ2v) is 5.44. The zero-order valence-electron chi connectivity index (χ0n) is 12.3. The van der Waals surface area contributed by atoms with Crippen molar-refractivity contribution in [2.45, 2.75) is 12.8 Å². The van der Waals surface area contributed by atoms with Crippen LogP contribution in [-0.4, -0.2) is 26.0 Å². The van der Waals surface area contributed by atoms with Crippen molar-refractivity contribution in [2.75, 3.05) is 29.9 Å². The average molecular weight is 280 g/mol. The van der Waals surface area contributed by atoms with Crippen molar-refractivity contribution in [1.82, 2.24) is 0 Å². The lowest BCUT2D eigenvalue weighted by Gasteiger charge is -2.21. The summed E-state index contributed by atoms with van der Waals surface area (Å²) in [6.07, 6.45) is 2.54. The fourth-order valence-electron chi connectivity index (χ4n) is 2.75. The summed E-state index contributed by atoms with van der Waals surface area (Å²) < 4.78 is 0. The van der Waals surface area contributed by atoms with E-state index in [2.05, 4.69) is 17.0 Å². The number of carbonyl (C=O) groups is 1. The topological polar surface area (TPSA) is 23.6 Å². The SMILES string of the molecule is CN(C(=O)c1ccccc1)c1ccc(N2CCCC2)cc1. The highest BCUT2D eigenvalue weighted by Crippen LogP contribution is 2.24. The van der Waals surface area contributed by atoms with Gasteiger partial charge in [0.1, 0.15) is 0 Å². The van der Waals surface area contributed by atoms with Crippen molar-refractivity contribution in [1.29, 1.82) is 0 Å². The second-order valence-electron chi connectivity index (χ2n) is 5.44. The molecule has 0 atom stereocenters. The molecule has 0 bridgehead atoms. The van der Waals surface area contributed by atoms with Gasteiger partial charge in [-0.15, -0.1) is 0 Å². The minimum Gasteiger partial charge on any atom is -0.372 e. The molecule has 0 saturated carbocycles. The van der Waals surface area contributed by atoms with E-state index in [1.165, 1.54) is 18.5 Å². The van der Waals surface area contributed by atoms with E-state index in [0.29, 0.717) is 5.56 Å². The van der Waals surface area contributed by atoms with E-state index < -0.39 is 0 Å². The number of nitrogens with zero attached hydrogens (tertiary/aromatic N) is 2. The summed E-state index contributed by atoms with van der Waals surface area (Å²) in [7, 11) is 1.82. The highest BCUT2D eigenvalue weighted by molar-refractivity contribution is 6.05. The van der Waals surface area contributed by atoms with Gasteiger partial charge in [0.05, 0.1) is 0 Å². The zero-order chi connectivity index (χ0) is 14.7. The van der Waals surface area contributed by atoms with Gasteiger partial charge < -0.3 is 9.80 Å². The van der Waals surface area contributed by atoms with Crippen molar-refractivity contribution >= 4 is 17.3 Å². The molecule has 2 aromatic carbocycles. The quantitative estimate of drug-likeness (QED) is 0.858. The molecule has 0 N–H and O–H groups in total. The highest BCUT2D eigenvalue weighted by Gasteiger charge is 2.15. The standard InChI is InChI=1S/C18H20N2O/c1-19(18(21)15-7-3-2-4-8-15)16-9-11-17(12-10-16)20-13-5-6-14-20/h2-4,7-12H,5-6,13-14H2,1H3. The Bertz CT molecular complexity index is 601. The van der Waals surface area contributed by atoms with E-state index in [9.17, 15) is 4.79 Å². The molecule has 0 aliphatic carbocycles. The van der Waals surface area contributed by atoms with Gasteiger partial charge >= 0.3 is 0 Å². The summed E-state index contributed by atoms with van der Waals surface area (Å²) in [4.78, 5) is 16.5. The third-order valence-electron chi connectivity index (χ3n) is 4.03. The first kappa shape index (κ1) is 13.7. The summed E-state index contributed by atoms with van der Waals surface area (Å²) in [5, 5.41) is 0. The minimum absolute atomic E-state index is 0.0181. The molecular weight excluding hydrogens is 260 g/mol. The molecule has 0 radical (unpaired) electrons. The van der Waals surface area contributed by atoms with E-state index in [1.807, 2.05) is 49.5 Å². The van der Waals surface area contributed by atoms with Crippen LogP contribution < -0.4 is 9.80 Å². The molecule has 0 aromatic heterocycles.